The Balaban J connectivity index is 2.46. The van der Waals surface area contributed by atoms with Crippen LogP contribution in [-0.2, 0) is 12.1 Å². The summed E-state index contributed by atoms with van der Waals surface area (Å²) in [6.07, 6.45) is 1.73. The Hall–Kier alpha value is -1.13. The van der Waals surface area contributed by atoms with Crippen molar-refractivity contribution < 1.29 is 5.11 Å². The lowest BCUT2D eigenvalue weighted by Gasteiger charge is -2.22. The number of aliphatic hydroxyl groups is 1. The average Bonchev–Trinajstić information content (AvgIpc) is 2.85. The van der Waals surface area contributed by atoms with Crippen LogP contribution in [0.25, 0.3) is 0 Å². The Bertz CT molecular complexity index is 485. The molecule has 4 heteroatoms. The first-order valence-corrected chi connectivity index (χ1v) is 6.19. The van der Waals surface area contributed by atoms with E-state index in [0.717, 1.165) is 17.1 Å². The molecule has 86 valence electrons. The summed E-state index contributed by atoms with van der Waals surface area (Å²) in [5.41, 5.74) is -0.109. The summed E-state index contributed by atoms with van der Waals surface area (Å²) < 4.78 is 1.83. The minimum absolute atomic E-state index is 0.767. The van der Waals surface area contributed by atoms with Crippen LogP contribution in [0.2, 0.25) is 0 Å². The summed E-state index contributed by atoms with van der Waals surface area (Å²) in [5.74, 6) is 0. The van der Waals surface area contributed by atoms with E-state index < -0.39 is 5.60 Å². The molecule has 0 aliphatic rings. The van der Waals surface area contributed by atoms with Gasteiger partial charge in [0.05, 0.1) is 5.69 Å². The van der Waals surface area contributed by atoms with Crippen LogP contribution in [0.3, 0.4) is 0 Å². The van der Waals surface area contributed by atoms with Crippen molar-refractivity contribution in [3.63, 3.8) is 0 Å². The molecular weight excluding hydrogens is 220 g/mol. The molecule has 2 heterocycles. The van der Waals surface area contributed by atoms with Gasteiger partial charge >= 0.3 is 0 Å². The lowest BCUT2D eigenvalue weighted by molar-refractivity contribution is 0.0956. The van der Waals surface area contributed by atoms with Crippen molar-refractivity contribution in [2.75, 3.05) is 0 Å². The molecular formula is C12H16N2OS. The van der Waals surface area contributed by atoms with Gasteiger partial charge in [-0.05, 0) is 39.0 Å². The molecule has 1 atom stereocenters. The SMILES string of the molecule is CCn1nccc1C(C)(O)c1ccc(C)s1. The van der Waals surface area contributed by atoms with E-state index in [0.29, 0.717) is 0 Å². The fourth-order valence-corrected chi connectivity index (χ4v) is 2.74. The van der Waals surface area contributed by atoms with Crippen molar-refractivity contribution in [1.82, 2.24) is 9.78 Å². The number of nitrogens with zero attached hydrogens (tertiary/aromatic N) is 2. The van der Waals surface area contributed by atoms with Crippen LogP contribution in [0, 0.1) is 6.92 Å². The number of hydrogen-bond donors (Lipinski definition) is 1. The fraction of sp³-hybridized carbons (Fsp3) is 0.417. The molecule has 0 fully saturated rings. The molecule has 1 N–H and O–H groups in total. The largest absolute Gasteiger partial charge is 0.378 e. The van der Waals surface area contributed by atoms with Gasteiger partial charge in [0.15, 0.2) is 0 Å². The third-order valence-corrected chi connectivity index (χ3v) is 3.95. The van der Waals surface area contributed by atoms with E-state index in [9.17, 15) is 5.11 Å². The van der Waals surface area contributed by atoms with Gasteiger partial charge in [-0.15, -0.1) is 11.3 Å². The molecule has 0 saturated heterocycles. The second-order valence-corrected chi connectivity index (χ2v) is 5.30. The van der Waals surface area contributed by atoms with Crippen LogP contribution in [0.1, 0.15) is 29.3 Å². The third-order valence-electron chi connectivity index (χ3n) is 2.73. The minimum Gasteiger partial charge on any atom is -0.378 e. The second-order valence-electron chi connectivity index (χ2n) is 4.01. The molecule has 2 aromatic heterocycles. The van der Waals surface area contributed by atoms with Gasteiger partial charge in [-0.1, -0.05) is 0 Å². The molecule has 0 spiro atoms. The van der Waals surface area contributed by atoms with E-state index in [1.807, 2.05) is 43.7 Å². The maximum atomic E-state index is 10.6. The molecule has 0 bridgehead atoms. The summed E-state index contributed by atoms with van der Waals surface area (Å²) in [6.45, 7) is 6.65. The first-order valence-electron chi connectivity index (χ1n) is 5.37. The molecule has 0 aliphatic carbocycles. The van der Waals surface area contributed by atoms with Crippen molar-refractivity contribution in [3.8, 4) is 0 Å². The Morgan fingerprint density at radius 3 is 2.75 bits per heavy atom. The summed E-state index contributed by atoms with van der Waals surface area (Å²) in [7, 11) is 0. The second kappa shape index (κ2) is 4.03. The van der Waals surface area contributed by atoms with E-state index in [1.165, 1.54) is 4.88 Å². The van der Waals surface area contributed by atoms with Crippen LogP contribution in [-0.4, -0.2) is 14.9 Å². The maximum Gasteiger partial charge on any atom is 0.137 e. The number of aryl methyl sites for hydroxylation is 2. The third kappa shape index (κ3) is 1.79. The molecule has 0 amide bonds. The van der Waals surface area contributed by atoms with Crippen molar-refractivity contribution >= 4 is 11.3 Å². The van der Waals surface area contributed by atoms with E-state index in [2.05, 4.69) is 5.10 Å². The minimum atomic E-state index is -0.953. The summed E-state index contributed by atoms with van der Waals surface area (Å²) in [6, 6.07) is 5.88. The highest BCUT2D eigenvalue weighted by atomic mass is 32.1. The van der Waals surface area contributed by atoms with Gasteiger partial charge in [-0.3, -0.25) is 4.68 Å². The number of aromatic nitrogens is 2. The standard InChI is InChI=1S/C12H16N2OS/c1-4-14-10(7-8-13-14)12(3,15)11-6-5-9(2)16-11/h5-8,15H,4H2,1-3H3. The summed E-state index contributed by atoms with van der Waals surface area (Å²) >= 11 is 1.62. The van der Waals surface area contributed by atoms with Crippen molar-refractivity contribution in [2.24, 2.45) is 0 Å². The first kappa shape index (κ1) is 11.4. The Morgan fingerprint density at radius 1 is 1.44 bits per heavy atom. The predicted octanol–water partition coefficient (Wildman–Crippen LogP) is 2.53. The quantitative estimate of drug-likeness (QED) is 0.889. The van der Waals surface area contributed by atoms with Gasteiger partial charge in [0.25, 0.3) is 0 Å². The van der Waals surface area contributed by atoms with Gasteiger partial charge in [0.2, 0.25) is 0 Å². The predicted molar refractivity (Wildman–Crippen MR) is 65.6 cm³/mol. The Labute approximate surface area is 99.4 Å². The fourth-order valence-electron chi connectivity index (χ4n) is 1.82. The topological polar surface area (TPSA) is 38.0 Å². The van der Waals surface area contributed by atoms with Crippen LogP contribution in [0.4, 0.5) is 0 Å². The molecule has 0 aliphatic heterocycles. The van der Waals surface area contributed by atoms with E-state index in [1.54, 1.807) is 17.5 Å². The molecule has 1 unspecified atom stereocenters. The van der Waals surface area contributed by atoms with Crippen LogP contribution >= 0.6 is 11.3 Å². The highest BCUT2D eigenvalue weighted by molar-refractivity contribution is 7.12. The zero-order valence-electron chi connectivity index (χ0n) is 9.77. The molecule has 0 aromatic carbocycles. The van der Waals surface area contributed by atoms with E-state index >= 15 is 0 Å². The van der Waals surface area contributed by atoms with Gasteiger partial charge in [0.1, 0.15) is 5.60 Å². The molecule has 0 saturated carbocycles. The Morgan fingerprint density at radius 2 is 2.19 bits per heavy atom. The Kier molecular flexibility index (Phi) is 2.86. The average molecular weight is 236 g/mol. The first-order chi connectivity index (χ1) is 7.55. The molecule has 3 nitrogen and oxygen atoms in total. The molecule has 2 aromatic rings. The number of hydrogen-bond acceptors (Lipinski definition) is 3. The number of thiophene rings is 1. The highest BCUT2D eigenvalue weighted by Gasteiger charge is 2.30. The van der Waals surface area contributed by atoms with Crippen molar-refractivity contribution in [2.45, 2.75) is 32.9 Å². The zero-order chi connectivity index (χ0) is 11.8. The van der Waals surface area contributed by atoms with Crippen LogP contribution < -0.4 is 0 Å². The van der Waals surface area contributed by atoms with Gasteiger partial charge in [0, 0.05) is 22.5 Å². The van der Waals surface area contributed by atoms with Crippen LogP contribution in [0.15, 0.2) is 24.4 Å². The smallest absolute Gasteiger partial charge is 0.137 e. The van der Waals surface area contributed by atoms with E-state index in [4.69, 9.17) is 0 Å². The van der Waals surface area contributed by atoms with Gasteiger partial charge < -0.3 is 5.11 Å². The maximum absolute atomic E-state index is 10.6. The van der Waals surface area contributed by atoms with Gasteiger partial charge in [-0.2, -0.15) is 5.10 Å². The molecule has 2 rings (SSSR count). The monoisotopic (exact) mass is 236 g/mol. The van der Waals surface area contributed by atoms with Crippen molar-refractivity contribution in [1.29, 1.82) is 0 Å². The zero-order valence-corrected chi connectivity index (χ0v) is 10.6. The summed E-state index contributed by atoms with van der Waals surface area (Å²) in [4.78, 5) is 2.16. The lowest BCUT2D eigenvalue weighted by Crippen LogP contribution is -2.25. The number of rotatable bonds is 3. The molecule has 16 heavy (non-hydrogen) atoms. The van der Waals surface area contributed by atoms with Crippen molar-refractivity contribution in [3.05, 3.63) is 39.8 Å². The van der Waals surface area contributed by atoms with E-state index in [-0.39, 0.29) is 0 Å². The lowest BCUT2D eigenvalue weighted by atomic mass is 10.0. The highest BCUT2D eigenvalue weighted by Crippen LogP contribution is 2.33. The molecule has 0 radical (unpaired) electrons. The normalized spacial score (nSPS) is 15.0. The summed E-state index contributed by atoms with van der Waals surface area (Å²) in [5, 5.41) is 14.8. The van der Waals surface area contributed by atoms with Gasteiger partial charge in [-0.25, -0.2) is 0 Å². The van der Waals surface area contributed by atoms with Crippen LogP contribution in [0.5, 0.6) is 0 Å².